The van der Waals surface area contributed by atoms with E-state index >= 15 is 0 Å². The molecule has 0 radical (unpaired) electrons. The molecule has 0 N–H and O–H groups in total. The number of rotatable bonds is 1. The molecule has 1 saturated carbocycles. The van der Waals surface area contributed by atoms with Gasteiger partial charge in [-0.05, 0) is 11.5 Å². The minimum atomic E-state index is -0.326. The highest BCUT2D eigenvalue weighted by Gasteiger charge is 2.30. The molecule has 1 aromatic carbocycles. The van der Waals surface area contributed by atoms with E-state index in [1.807, 2.05) is 30.3 Å². The Kier molecular flexibility index (Phi) is 2.80. The first kappa shape index (κ1) is 10.5. The Balaban J connectivity index is 2.27. The van der Waals surface area contributed by atoms with Gasteiger partial charge in [0.25, 0.3) is 0 Å². The molecule has 0 atom stereocenters. The summed E-state index contributed by atoms with van der Waals surface area (Å²) in [5.74, 6) is 0.969. The maximum atomic E-state index is 11.5. The minimum absolute atomic E-state index is 0.0710. The van der Waals surface area contributed by atoms with Crippen LogP contribution in [-0.4, -0.2) is 17.4 Å². The van der Waals surface area contributed by atoms with E-state index in [1.54, 1.807) is 5.87 Å². The van der Waals surface area contributed by atoms with Crippen molar-refractivity contribution in [1.29, 1.82) is 0 Å². The van der Waals surface area contributed by atoms with Gasteiger partial charge in [-0.3, -0.25) is 15.5 Å². The van der Waals surface area contributed by atoms with Crippen LogP contribution in [0.2, 0.25) is 0 Å². The molecule has 0 heterocycles. The van der Waals surface area contributed by atoms with Crippen LogP contribution in [0, 0.1) is 0 Å². The van der Waals surface area contributed by atoms with Crippen molar-refractivity contribution in [1.82, 2.24) is 0 Å². The van der Waals surface area contributed by atoms with E-state index in [4.69, 9.17) is 5.41 Å². The molecule has 3 heteroatoms. The lowest BCUT2D eigenvalue weighted by Gasteiger charge is -2.21. The van der Waals surface area contributed by atoms with Crippen molar-refractivity contribution in [3.05, 3.63) is 46.9 Å². The predicted octanol–water partition coefficient (Wildman–Crippen LogP) is 1.87. The van der Waals surface area contributed by atoms with Gasteiger partial charge in [0, 0.05) is 12.8 Å². The Hall–Kier alpha value is -1.99. The first-order chi connectivity index (χ1) is 7.72. The lowest BCUT2D eigenvalue weighted by molar-refractivity contribution is -0.124. The summed E-state index contributed by atoms with van der Waals surface area (Å²) in [6.07, 6.45) is 0.525. The molecule has 0 unspecified atom stereocenters. The maximum absolute atomic E-state index is 11.5. The summed E-state index contributed by atoms with van der Waals surface area (Å²) >= 11 is 0. The van der Waals surface area contributed by atoms with Crippen molar-refractivity contribution >= 4 is 17.4 Å². The summed E-state index contributed by atoms with van der Waals surface area (Å²) in [6, 6.07) is 9.47. The Labute approximate surface area is 93.3 Å². The summed E-state index contributed by atoms with van der Waals surface area (Å²) in [7, 11) is 0. The molecule has 2 rings (SSSR count). The number of ketones is 2. The molecule has 1 fully saturated rings. The quantitative estimate of drug-likeness (QED) is 0.405. The highest BCUT2D eigenvalue weighted by molar-refractivity contribution is 6.28. The smallest absolute Gasteiger partial charge is 0.172 e. The largest absolute Gasteiger partial charge is 0.763 e. The van der Waals surface area contributed by atoms with Gasteiger partial charge in [0.1, 0.15) is 0 Å². The van der Waals surface area contributed by atoms with Crippen molar-refractivity contribution < 1.29 is 9.59 Å². The zero-order valence-corrected chi connectivity index (χ0v) is 8.64. The fourth-order valence-electron chi connectivity index (χ4n) is 1.96. The Morgan fingerprint density at radius 3 is 2.12 bits per heavy atom. The van der Waals surface area contributed by atoms with Crippen molar-refractivity contribution in [2.45, 2.75) is 18.8 Å². The van der Waals surface area contributed by atoms with E-state index in [1.165, 1.54) is 0 Å². The number of hydrogen-bond donors (Lipinski definition) is 0. The number of nitrogens with zero attached hydrogens (tertiary/aromatic N) is 1. The van der Waals surface area contributed by atoms with Gasteiger partial charge in [0.15, 0.2) is 11.6 Å². The van der Waals surface area contributed by atoms with Crippen molar-refractivity contribution in [2.24, 2.45) is 0 Å². The molecule has 0 spiro atoms. The summed E-state index contributed by atoms with van der Waals surface area (Å²) in [6.45, 7) is 0. The molecular weight excluding hydrogens is 202 g/mol. The molecule has 3 nitrogen and oxygen atoms in total. The number of Topliss-reactive ketones (excluding diaryl/α,β-unsaturated/α-hetero) is 2. The van der Waals surface area contributed by atoms with Crippen LogP contribution in [0.4, 0.5) is 0 Å². The summed E-state index contributed by atoms with van der Waals surface area (Å²) in [5, 5.41) is 8.66. The SMILES string of the molecule is [N-]=C=C1C(=O)CC(c2ccccc2)CC1=O. The second-order valence-corrected chi connectivity index (χ2v) is 3.85. The van der Waals surface area contributed by atoms with Crippen LogP contribution < -0.4 is 0 Å². The topological polar surface area (TPSA) is 56.4 Å². The highest BCUT2D eigenvalue weighted by Crippen LogP contribution is 2.30. The van der Waals surface area contributed by atoms with Crippen LogP contribution in [-0.2, 0) is 9.59 Å². The third kappa shape index (κ3) is 1.86. The Morgan fingerprint density at radius 1 is 1.06 bits per heavy atom. The normalized spacial score (nSPS) is 20.8. The molecule has 0 saturated heterocycles. The van der Waals surface area contributed by atoms with Gasteiger partial charge in [0.05, 0.1) is 5.57 Å². The lowest BCUT2D eigenvalue weighted by atomic mass is 9.80. The summed E-state index contributed by atoms with van der Waals surface area (Å²) in [4.78, 5) is 23.1. The van der Waals surface area contributed by atoms with Gasteiger partial charge in [0.2, 0.25) is 0 Å². The highest BCUT2D eigenvalue weighted by atomic mass is 16.1. The average molecular weight is 212 g/mol. The number of hydrogen-bond acceptors (Lipinski definition) is 2. The predicted molar refractivity (Wildman–Crippen MR) is 60.3 cm³/mol. The number of benzene rings is 1. The monoisotopic (exact) mass is 212 g/mol. The fourth-order valence-corrected chi connectivity index (χ4v) is 1.96. The van der Waals surface area contributed by atoms with Gasteiger partial charge >= 0.3 is 0 Å². The first-order valence-electron chi connectivity index (χ1n) is 5.10. The molecule has 0 amide bonds. The van der Waals surface area contributed by atoms with E-state index in [0.29, 0.717) is 0 Å². The average Bonchev–Trinajstić information content (AvgIpc) is 2.30. The first-order valence-corrected chi connectivity index (χ1v) is 5.10. The van der Waals surface area contributed by atoms with Crippen molar-refractivity contribution in [2.75, 3.05) is 0 Å². The van der Waals surface area contributed by atoms with Crippen molar-refractivity contribution in [3.8, 4) is 0 Å². The van der Waals surface area contributed by atoms with Gasteiger partial charge in [-0.25, -0.2) is 0 Å². The molecule has 80 valence electrons. The van der Waals surface area contributed by atoms with E-state index in [2.05, 4.69) is 0 Å². The molecule has 0 aliphatic heterocycles. The standard InChI is InChI=1S/C13H10NO2/c14-8-11-12(15)6-10(7-13(11)16)9-4-2-1-3-5-9/h1-5,10H,6-7H2/q-1. The third-order valence-corrected chi connectivity index (χ3v) is 2.80. The van der Waals surface area contributed by atoms with E-state index < -0.39 is 0 Å². The summed E-state index contributed by atoms with van der Waals surface area (Å²) < 4.78 is 0. The minimum Gasteiger partial charge on any atom is -0.763 e. The van der Waals surface area contributed by atoms with Gasteiger partial charge in [-0.15, -0.1) is 0 Å². The van der Waals surface area contributed by atoms with Crippen LogP contribution in [0.1, 0.15) is 24.3 Å². The third-order valence-electron chi connectivity index (χ3n) is 2.80. The fraction of sp³-hybridized carbons (Fsp3) is 0.231. The second-order valence-electron chi connectivity index (χ2n) is 3.85. The lowest BCUT2D eigenvalue weighted by Crippen LogP contribution is -2.25. The van der Waals surface area contributed by atoms with Gasteiger partial charge in [-0.1, -0.05) is 30.3 Å². The Morgan fingerprint density at radius 2 is 1.62 bits per heavy atom. The van der Waals surface area contributed by atoms with Gasteiger partial charge in [-0.2, -0.15) is 0 Å². The van der Waals surface area contributed by atoms with Crippen LogP contribution in [0.15, 0.2) is 35.9 Å². The zero-order chi connectivity index (χ0) is 11.5. The molecule has 0 bridgehead atoms. The van der Waals surface area contributed by atoms with Crippen LogP contribution >= 0.6 is 0 Å². The number of allylic oxidation sites excluding steroid dienone is 1. The van der Waals surface area contributed by atoms with E-state index in [-0.39, 0.29) is 35.9 Å². The molecule has 1 aliphatic carbocycles. The number of carbonyl (C=O) groups is 2. The number of carbonyl (C=O) groups excluding carboxylic acids is 2. The molecule has 0 aromatic heterocycles. The second kappa shape index (κ2) is 4.25. The molecular formula is C13H10NO2-. The van der Waals surface area contributed by atoms with Crippen molar-refractivity contribution in [3.63, 3.8) is 0 Å². The molecule has 1 aromatic rings. The molecule has 1 aliphatic rings. The van der Waals surface area contributed by atoms with E-state index in [9.17, 15) is 9.59 Å². The Bertz CT molecular complexity index is 464. The molecule has 16 heavy (non-hydrogen) atoms. The van der Waals surface area contributed by atoms with E-state index in [0.717, 1.165) is 5.56 Å². The van der Waals surface area contributed by atoms with Gasteiger partial charge < -0.3 is 5.41 Å². The van der Waals surface area contributed by atoms with Crippen LogP contribution in [0.5, 0.6) is 0 Å². The summed E-state index contributed by atoms with van der Waals surface area (Å²) in [5.41, 5.74) is 0.799. The maximum Gasteiger partial charge on any atom is 0.172 e. The van der Waals surface area contributed by atoms with Crippen LogP contribution in [0.3, 0.4) is 0 Å². The zero-order valence-electron chi connectivity index (χ0n) is 8.64. The van der Waals surface area contributed by atoms with Crippen LogP contribution in [0.25, 0.3) is 5.41 Å².